The summed E-state index contributed by atoms with van der Waals surface area (Å²) >= 11 is 0. The number of fused-ring (bicyclic) bond motifs is 3. The van der Waals surface area contributed by atoms with Gasteiger partial charge in [0.05, 0.1) is 31.4 Å². The number of carbonyl (C=O) groups excluding carboxylic acids is 1. The number of hydrogen-bond donors (Lipinski definition) is 0. The lowest BCUT2D eigenvalue weighted by Gasteiger charge is -2.39. The lowest BCUT2D eigenvalue weighted by Crippen LogP contribution is -2.49. The van der Waals surface area contributed by atoms with Gasteiger partial charge in [0.2, 0.25) is 0 Å². The monoisotopic (exact) mass is 497 g/mol. The van der Waals surface area contributed by atoms with Gasteiger partial charge in [0.15, 0.2) is 0 Å². The highest BCUT2D eigenvalue weighted by atomic mass is 16.5. The maximum atomic E-state index is 13.5. The number of nitrogens with zero attached hydrogens (tertiary/aromatic N) is 3. The first-order chi connectivity index (χ1) is 18.3. The van der Waals surface area contributed by atoms with Gasteiger partial charge in [0.25, 0.3) is 5.91 Å². The molecule has 0 bridgehead atoms. The van der Waals surface area contributed by atoms with Gasteiger partial charge >= 0.3 is 0 Å². The Morgan fingerprint density at radius 2 is 1.41 bits per heavy atom. The summed E-state index contributed by atoms with van der Waals surface area (Å²) < 4.78 is 11.5. The molecule has 0 aromatic heterocycles. The molecule has 1 aliphatic carbocycles. The number of carbonyl (C=O) groups is 1. The molecule has 2 fully saturated rings. The fraction of sp³-hybridized carbons (Fsp3) is 0.387. The molecular formula is C31H35N3O3. The van der Waals surface area contributed by atoms with E-state index >= 15 is 0 Å². The van der Waals surface area contributed by atoms with Crippen LogP contribution in [0.2, 0.25) is 0 Å². The van der Waals surface area contributed by atoms with Crippen molar-refractivity contribution in [3.63, 3.8) is 0 Å². The molecule has 37 heavy (non-hydrogen) atoms. The maximum absolute atomic E-state index is 13.5. The molecule has 0 radical (unpaired) electrons. The van der Waals surface area contributed by atoms with Gasteiger partial charge in [0.1, 0.15) is 5.75 Å². The molecule has 2 heterocycles. The van der Waals surface area contributed by atoms with E-state index in [2.05, 4.69) is 58.3 Å². The molecule has 0 N–H and O–H groups in total. The molecule has 6 heteroatoms. The normalized spacial score (nSPS) is 18.4. The SMILES string of the molecule is O=C(c1ccccc1OCCCN1CCOCC1)N1CCN(C2c3ccccc3-c3ccccc32)CC1. The molecule has 3 aromatic rings. The second-order valence-electron chi connectivity index (χ2n) is 10.1. The van der Waals surface area contributed by atoms with Crippen LogP contribution in [0, 0.1) is 0 Å². The van der Waals surface area contributed by atoms with Crippen molar-refractivity contribution in [2.75, 3.05) is 65.6 Å². The van der Waals surface area contributed by atoms with Crippen LogP contribution >= 0.6 is 0 Å². The fourth-order valence-electron chi connectivity index (χ4n) is 5.94. The number of hydrogen-bond acceptors (Lipinski definition) is 5. The summed E-state index contributed by atoms with van der Waals surface area (Å²) in [5.74, 6) is 0.756. The first-order valence-electron chi connectivity index (χ1n) is 13.5. The first-order valence-corrected chi connectivity index (χ1v) is 13.5. The Morgan fingerprint density at radius 3 is 2.11 bits per heavy atom. The molecular weight excluding hydrogens is 462 g/mol. The van der Waals surface area contributed by atoms with Gasteiger partial charge in [0, 0.05) is 45.8 Å². The van der Waals surface area contributed by atoms with Crippen LogP contribution in [0.5, 0.6) is 5.75 Å². The van der Waals surface area contributed by atoms with E-state index < -0.39 is 0 Å². The number of benzene rings is 3. The van der Waals surface area contributed by atoms with E-state index in [0.29, 0.717) is 31.0 Å². The summed E-state index contributed by atoms with van der Waals surface area (Å²) in [6.07, 6.45) is 0.936. The fourth-order valence-corrected chi connectivity index (χ4v) is 5.94. The summed E-state index contributed by atoms with van der Waals surface area (Å²) in [5.41, 5.74) is 6.08. The predicted octanol–water partition coefficient (Wildman–Crippen LogP) is 4.32. The highest BCUT2D eigenvalue weighted by Gasteiger charge is 2.35. The number of rotatable bonds is 7. The molecule has 2 aliphatic heterocycles. The summed E-state index contributed by atoms with van der Waals surface area (Å²) in [7, 11) is 0. The molecule has 0 saturated carbocycles. The quantitative estimate of drug-likeness (QED) is 0.455. The van der Waals surface area contributed by atoms with Crippen molar-refractivity contribution in [3.8, 4) is 16.9 Å². The molecule has 0 unspecified atom stereocenters. The van der Waals surface area contributed by atoms with Crippen LogP contribution in [0.1, 0.15) is 33.9 Å². The Kier molecular flexibility index (Phi) is 7.22. The Balaban J connectivity index is 1.08. The summed E-state index contributed by atoms with van der Waals surface area (Å²) in [4.78, 5) is 20.5. The van der Waals surface area contributed by atoms with Gasteiger partial charge in [-0.15, -0.1) is 0 Å². The van der Waals surface area contributed by atoms with Crippen molar-refractivity contribution in [2.45, 2.75) is 12.5 Å². The van der Waals surface area contributed by atoms with Gasteiger partial charge in [-0.2, -0.15) is 0 Å². The van der Waals surface area contributed by atoms with Gasteiger partial charge in [-0.3, -0.25) is 14.6 Å². The average molecular weight is 498 g/mol. The zero-order valence-electron chi connectivity index (χ0n) is 21.4. The molecule has 6 rings (SSSR count). The lowest BCUT2D eigenvalue weighted by atomic mass is 10.0. The van der Waals surface area contributed by atoms with Crippen LogP contribution < -0.4 is 4.74 Å². The number of piperazine rings is 1. The minimum Gasteiger partial charge on any atom is -0.493 e. The summed E-state index contributed by atoms with van der Waals surface area (Å²) in [6, 6.07) is 25.4. The third-order valence-electron chi connectivity index (χ3n) is 7.86. The van der Waals surface area contributed by atoms with Crippen molar-refractivity contribution in [1.29, 1.82) is 0 Å². The van der Waals surface area contributed by atoms with Crippen LogP contribution in [-0.4, -0.2) is 86.2 Å². The number of ether oxygens (including phenoxy) is 2. The predicted molar refractivity (Wildman–Crippen MR) is 145 cm³/mol. The third kappa shape index (κ3) is 5.01. The van der Waals surface area contributed by atoms with Crippen molar-refractivity contribution < 1.29 is 14.3 Å². The summed E-state index contributed by atoms with van der Waals surface area (Å²) in [5, 5.41) is 0. The smallest absolute Gasteiger partial charge is 0.257 e. The number of amides is 1. The zero-order valence-corrected chi connectivity index (χ0v) is 21.4. The highest BCUT2D eigenvalue weighted by Crippen LogP contribution is 2.46. The minimum atomic E-state index is 0.0654. The average Bonchev–Trinajstić information content (AvgIpc) is 3.30. The highest BCUT2D eigenvalue weighted by molar-refractivity contribution is 5.97. The Labute approximate surface area is 219 Å². The Bertz CT molecular complexity index is 1190. The van der Waals surface area contributed by atoms with Crippen molar-refractivity contribution in [2.24, 2.45) is 0 Å². The van der Waals surface area contributed by atoms with Gasteiger partial charge in [-0.25, -0.2) is 0 Å². The Morgan fingerprint density at radius 1 is 0.784 bits per heavy atom. The molecule has 0 spiro atoms. The number of para-hydroxylation sites is 1. The van der Waals surface area contributed by atoms with Crippen LogP contribution in [-0.2, 0) is 4.74 Å². The zero-order chi connectivity index (χ0) is 25.0. The van der Waals surface area contributed by atoms with Crippen LogP contribution in [0.25, 0.3) is 11.1 Å². The van der Waals surface area contributed by atoms with Crippen LogP contribution in [0.3, 0.4) is 0 Å². The van der Waals surface area contributed by atoms with E-state index in [4.69, 9.17) is 9.47 Å². The second kappa shape index (κ2) is 11.1. The van der Waals surface area contributed by atoms with Crippen LogP contribution in [0.4, 0.5) is 0 Å². The first kappa shape index (κ1) is 24.2. The van der Waals surface area contributed by atoms with E-state index in [-0.39, 0.29) is 11.9 Å². The van der Waals surface area contributed by atoms with Crippen LogP contribution in [0.15, 0.2) is 72.8 Å². The molecule has 2 saturated heterocycles. The van der Waals surface area contributed by atoms with E-state index in [1.165, 1.54) is 22.3 Å². The number of morpholine rings is 1. The molecule has 3 aromatic carbocycles. The maximum Gasteiger partial charge on any atom is 0.257 e. The minimum absolute atomic E-state index is 0.0654. The van der Waals surface area contributed by atoms with Gasteiger partial charge in [-0.05, 0) is 40.8 Å². The van der Waals surface area contributed by atoms with Crippen molar-refractivity contribution in [1.82, 2.24) is 14.7 Å². The van der Waals surface area contributed by atoms with E-state index in [9.17, 15) is 4.79 Å². The van der Waals surface area contributed by atoms with E-state index in [0.717, 1.165) is 52.4 Å². The van der Waals surface area contributed by atoms with E-state index in [1.54, 1.807) is 0 Å². The van der Waals surface area contributed by atoms with Gasteiger partial charge < -0.3 is 14.4 Å². The second-order valence-corrected chi connectivity index (χ2v) is 10.1. The summed E-state index contributed by atoms with van der Waals surface area (Å²) in [6.45, 7) is 8.32. The van der Waals surface area contributed by atoms with E-state index in [1.807, 2.05) is 29.2 Å². The largest absolute Gasteiger partial charge is 0.493 e. The molecule has 3 aliphatic rings. The standard InChI is InChI=1S/C31H35N3O3/c35-31(28-12-5-6-13-29(28)37-21-7-14-32-19-22-36-23-20-32)34-17-15-33(16-18-34)30-26-10-3-1-8-24(26)25-9-2-4-11-27(25)30/h1-6,8-13,30H,7,14-23H2. The van der Waals surface area contributed by atoms with Crippen molar-refractivity contribution >= 4 is 5.91 Å². The Hall–Kier alpha value is -3.19. The van der Waals surface area contributed by atoms with Crippen molar-refractivity contribution in [3.05, 3.63) is 89.5 Å². The molecule has 192 valence electrons. The molecule has 6 nitrogen and oxygen atoms in total. The third-order valence-corrected chi connectivity index (χ3v) is 7.86. The molecule has 1 amide bonds. The lowest BCUT2D eigenvalue weighted by molar-refractivity contribution is 0.0357. The topological polar surface area (TPSA) is 45.2 Å². The van der Waals surface area contributed by atoms with Gasteiger partial charge in [-0.1, -0.05) is 60.7 Å². The molecule has 0 atom stereocenters.